The number of aromatic amines is 1. The Hall–Kier alpha value is -2.74. The van der Waals surface area contributed by atoms with E-state index in [1.54, 1.807) is 0 Å². The lowest BCUT2D eigenvalue weighted by atomic mass is 10.0. The van der Waals surface area contributed by atoms with Crippen LogP contribution in [0.5, 0.6) is 0 Å². The highest BCUT2D eigenvalue weighted by Crippen LogP contribution is 2.26. The van der Waals surface area contributed by atoms with Crippen LogP contribution in [0.1, 0.15) is 12.0 Å². The molecule has 1 fully saturated rings. The van der Waals surface area contributed by atoms with Crippen molar-refractivity contribution >= 4 is 11.8 Å². The molecule has 2 amide bonds. The number of rotatable bonds is 5. The summed E-state index contributed by atoms with van der Waals surface area (Å²) in [5.74, 6) is -1.80. The largest absolute Gasteiger partial charge is 0.389 e. The Balaban J connectivity index is 1.67. The number of hydrogen-bond donors (Lipinski definition) is 4. The van der Waals surface area contributed by atoms with Crippen molar-refractivity contribution in [3.63, 3.8) is 0 Å². The van der Waals surface area contributed by atoms with Gasteiger partial charge in [-0.1, -0.05) is 0 Å². The van der Waals surface area contributed by atoms with E-state index in [1.165, 1.54) is 30.5 Å². The Bertz CT molecular complexity index is 789. The van der Waals surface area contributed by atoms with Crippen LogP contribution in [-0.2, 0) is 16.0 Å². The van der Waals surface area contributed by atoms with Gasteiger partial charge in [-0.2, -0.15) is 0 Å². The van der Waals surface area contributed by atoms with Gasteiger partial charge in [0.15, 0.2) is 0 Å². The van der Waals surface area contributed by atoms with Gasteiger partial charge in [0.05, 0.1) is 5.69 Å². The lowest BCUT2D eigenvalue weighted by Crippen LogP contribution is -2.45. The topological polar surface area (TPSA) is 94.2 Å². The van der Waals surface area contributed by atoms with Crippen molar-refractivity contribution in [1.29, 1.82) is 0 Å². The molecule has 1 saturated heterocycles. The highest BCUT2D eigenvalue weighted by Gasteiger charge is 2.34. The number of carbonyl (C=O) groups is 2. The second-order valence-electron chi connectivity index (χ2n) is 5.85. The average molecular weight is 349 g/mol. The first-order valence-electron chi connectivity index (χ1n) is 7.82. The molecular weight excluding hydrogens is 332 g/mol. The zero-order chi connectivity index (χ0) is 18.0. The van der Waals surface area contributed by atoms with Gasteiger partial charge in [0.1, 0.15) is 23.8 Å². The molecule has 0 radical (unpaired) electrons. The van der Waals surface area contributed by atoms with E-state index in [9.17, 15) is 23.5 Å². The van der Waals surface area contributed by atoms with E-state index in [2.05, 4.69) is 15.6 Å². The first-order valence-corrected chi connectivity index (χ1v) is 7.82. The van der Waals surface area contributed by atoms with Crippen molar-refractivity contribution in [2.24, 2.45) is 0 Å². The first kappa shape index (κ1) is 17.1. The molecule has 8 heteroatoms. The summed E-state index contributed by atoms with van der Waals surface area (Å²) < 4.78 is 27.0. The van der Waals surface area contributed by atoms with Gasteiger partial charge in [-0.25, -0.2) is 8.78 Å². The molecular formula is C17H17F2N3O3. The number of amides is 2. The maximum atomic E-state index is 14.0. The summed E-state index contributed by atoms with van der Waals surface area (Å²) >= 11 is 0. The van der Waals surface area contributed by atoms with Crippen molar-refractivity contribution in [2.75, 3.05) is 6.54 Å². The van der Waals surface area contributed by atoms with Crippen molar-refractivity contribution in [1.82, 2.24) is 15.6 Å². The summed E-state index contributed by atoms with van der Waals surface area (Å²) in [5, 5.41) is 14.5. The predicted molar refractivity (Wildman–Crippen MR) is 85.4 cm³/mol. The van der Waals surface area contributed by atoms with Crippen molar-refractivity contribution in [2.45, 2.75) is 25.0 Å². The molecule has 1 aliphatic rings. The fourth-order valence-corrected chi connectivity index (χ4v) is 2.80. The normalized spacial score (nSPS) is 19.7. The van der Waals surface area contributed by atoms with Crippen LogP contribution in [0.4, 0.5) is 8.78 Å². The summed E-state index contributed by atoms with van der Waals surface area (Å²) in [6.07, 6.45) is 0.243. The molecule has 0 bridgehead atoms. The van der Waals surface area contributed by atoms with E-state index in [-0.39, 0.29) is 19.4 Å². The van der Waals surface area contributed by atoms with Gasteiger partial charge in [-0.15, -0.1) is 0 Å². The second-order valence-corrected chi connectivity index (χ2v) is 5.85. The van der Waals surface area contributed by atoms with Gasteiger partial charge in [0.25, 0.3) is 0 Å². The quantitative estimate of drug-likeness (QED) is 0.645. The molecule has 6 nitrogen and oxygen atoms in total. The smallest absolute Gasteiger partial charge is 0.245 e. The molecule has 1 aromatic heterocycles. The van der Waals surface area contributed by atoms with Crippen LogP contribution in [0.15, 0.2) is 30.5 Å². The van der Waals surface area contributed by atoms with Crippen LogP contribution >= 0.6 is 0 Å². The average Bonchev–Trinajstić information content (AvgIpc) is 3.11. The molecule has 0 saturated carbocycles. The SMILES string of the molecule is O=C(CCc1c(F)c[nH]c1-c1ccc(F)cc1)N[C@@H]1C(=O)NC[C@H]1O. The summed E-state index contributed by atoms with van der Waals surface area (Å²) in [5.41, 5.74) is 1.38. The number of halogens is 2. The molecule has 2 aromatic rings. The van der Waals surface area contributed by atoms with Crippen LogP contribution in [-0.4, -0.2) is 40.6 Å². The number of benzene rings is 1. The van der Waals surface area contributed by atoms with Crippen LogP contribution in [0.2, 0.25) is 0 Å². The zero-order valence-corrected chi connectivity index (χ0v) is 13.2. The van der Waals surface area contributed by atoms with E-state index in [0.717, 1.165) is 0 Å². The molecule has 0 spiro atoms. The number of aliphatic hydroxyl groups excluding tert-OH is 1. The fourth-order valence-electron chi connectivity index (χ4n) is 2.80. The Labute approximate surface area is 142 Å². The molecule has 25 heavy (non-hydrogen) atoms. The standard InChI is InChI=1S/C17H17F2N3O3/c18-10-3-1-9(2-4-10)15-11(12(19)7-20-15)5-6-14(24)22-16-13(23)8-21-17(16)25/h1-4,7,13,16,20,23H,5-6,8H2,(H,21,25)(H,22,24)/t13-,16+/m1/s1. The fraction of sp³-hybridized carbons (Fsp3) is 0.294. The summed E-state index contributed by atoms with van der Waals surface area (Å²) in [6, 6.07) is 4.59. The Morgan fingerprint density at radius 1 is 1.28 bits per heavy atom. The zero-order valence-electron chi connectivity index (χ0n) is 13.2. The van der Waals surface area contributed by atoms with Crippen LogP contribution in [0, 0.1) is 11.6 Å². The number of aromatic nitrogens is 1. The van der Waals surface area contributed by atoms with Gasteiger partial charge >= 0.3 is 0 Å². The Kier molecular flexibility index (Phi) is 4.80. The van der Waals surface area contributed by atoms with Gasteiger partial charge in [-0.3, -0.25) is 9.59 Å². The van der Waals surface area contributed by atoms with Crippen LogP contribution in [0.3, 0.4) is 0 Å². The number of H-pyrrole nitrogens is 1. The summed E-state index contributed by atoms with van der Waals surface area (Å²) in [6.45, 7) is 0.0882. The van der Waals surface area contributed by atoms with Crippen molar-refractivity contribution in [3.05, 3.63) is 47.7 Å². The maximum Gasteiger partial charge on any atom is 0.245 e. The van der Waals surface area contributed by atoms with Crippen molar-refractivity contribution < 1.29 is 23.5 Å². The third-order valence-electron chi connectivity index (χ3n) is 4.14. The molecule has 2 heterocycles. The van der Waals surface area contributed by atoms with Crippen LogP contribution < -0.4 is 10.6 Å². The van der Waals surface area contributed by atoms with E-state index in [0.29, 0.717) is 16.8 Å². The van der Waals surface area contributed by atoms with E-state index in [4.69, 9.17) is 0 Å². The minimum Gasteiger partial charge on any atom is -0.389 e. The molecule has 3 rings (SSSR count). The molecule has 0 unspecified atom stereocenters. The van der Waals surface area contributed by atoms with E-state index < -0.39 is 35.6 Å². The third kappa shape index (κ3) is 3.69. The molecule has 132 valence electrons. The molecule has 4 N–H and O–H groups in total. The van der Waals surface area contributed by atoms with Gasteiger partial charge in [0.2, 0.25) is 11.8 Å². The minimum atomic E-state index is -0.986. The van der Waals surface area contributed by atoms with Crippen molar-refractivity contribution in [3.8, 4) is 11.3 Å². The highest BCUT2D eigenvalue weighted by atomic mass is 19.1. The van der Waals surface area contributed by atoms with Gasteiger partial charge in [0, 0.05) is 24.7 Å². The van der Waals surface area contributed by atoms with E-state index in [1.807, 2.05) is 0 Å². The number of carbonyl (C=O) groups excluding carboxylic acids is 2. The molecule has 1 aromatic carbocycles. The Morgan fingerprint density at radius 3 is 2.64 bits per heavy atom. The summed E-state index contributed by atoms with van der Waals surface area (Å²) in [7, 11) is 0. The minimum absolute atomic E-state index is 0.0561. The molecule has 1 aliphatic heterocycles. The lowest BCUT2D eigenvalue weighted by Gasteiger charge is -2.13. The molecule has 2 atom stereocenters. The monoisotopic (exact) mass is 349 g/mol. The number of nitrogens with one attached hydrogen (secondary N) is 3. The maximum absolute atomic E-state index is 14.0. The first-order chi connectivity index (χ1) is 12.0. The van der Waals surface area contributed by atoms with Gasteiger partial charge in [-0.05, 0) is 36.2 Å². The lowest BCUT2D eigenvalue weighted by molar-refractivity contribution is -0.128. The van der Waals surface area contributed by atoms with Gasteiger partial charge < -0.3 is 20.7 Å². The highest BCUT2D eigenvalue weighted by molar-refractivity contribution is 5.90. The number of aliphatic hydroxyl groups is 1. The number of hydrogen-bond acceptors (Lipinski definition) is 3. The predicted octanol–water partition coefficient (Wildman–Crippen LogP) is 0.868. The third-order valence-corrected chi connectivity index (χ3v) is 4.14. The van der Waals surface area contributed by atoms with Crippen LogP contribution in [0.25, 0.3) is 11.3 Å². The molecule has 0 aliphatic carbocycles. The van der Waals surface area contributed by atoms with E-state index >= 15 is 0 Å². The summed E-state index contributed by atoms with van der Waals surface area (Å²) in [4.78, 5) is 26.3. The second kappa shape index (κ2) is 7.02. The number of β-amino-alcohol motifs (C(OH)–C–C–N with tert-alkyl or cyclic N) is 1. The Morgan fingerprint density at radius 2 is 2.00 bits per heavy atom.